The van der Waals surface area contributed by atoms with Gasteiger partial charge in [0.05, 0.1) is 29.2 Å². The number of aromatic nitrogens is 3. The molecule has 5 aromatic rings. The topological polar surface area (TPSA) is 89.0 Å². The highest BCUT2D eigenvalue weighted by molar-refractivity contribution is 6.30. The Bertz CT molecular complexity index is 1550. The quantitative estimate of drug-likeness (QED) is 0.407. The van der Waals surface area contributed by atoms with Gasteiger partial charge in [-0.2, -0.15) is 0 Å². The number of ether oxygens (including phenoxy) is 1. The number of nitrogens with zero attached hydrogens (tertiary/aromatic N) is 2. The van der Waals surface area contributed by atoms with E-state index in [0.717, 1.165) is 11.3 Å². The summed E-state index contributed by atoms with van der Waals surface area (Å²) in [6.45, 7) is 0.361. The third-order valence-corrected chi connectivity index (χ3v) is 5.71. The highest BCUT2D eigenvalue weighted by atomic mass is 35.5. The lowest BCUT2D eigenvalue weighted by Gasteiger charge is -2.08. The predicted octanol–water partition coefficient (Wildman–Crippen LogP) is 4.46. The fourth-order valence-electron chi connectivity index (χ4n) is 3.74. The molecule has 0 saturated carbocycles. The number of pyridine rings is 1. The van der Waals surface area contributed by atoms with Crippen LogP contribution in [-0.2, 0) is 6.54 Å². The van der Waals surface area contributed by atoms with E-state index in [0.29, 0.717) is 44.6 Å². The summed E-state index contributed by atoms with van der Waals surface area (Å²) in [7, 11) is 1.60. The van der Waals surface area contributed by atoms with Crippen molar-refractivity contribution in [3.63, 3.8) is 0 Å². The van der Waals surface area contributed by atoms with E-state index in [1.165, 1.54) is 4.68 Å². The van der Waals surface area contributed by atoms with Crippen molar-refractivity contribution in [3.8, 4) is 11.4 Å². The number of H-pyrrole nitrogens is 1. The van der Waals surface area contributed by atoms with E-state index in [4.69, 9.17) is 16.3 Å². The zero-order valence-electron chi connectivity index (χ0n) is 17.6. The van der Waals surface area contributed by atoms with Gasteiger partial charge in [0.15, 0.2) is 0 Å². The summed E-state index contributed by atoms with van der Waals surface area (Å²) in [5.41, 5.74) is 3.12. The van der Waals surface area contributed by atoms with E-state index in [-0.39, 0.29) is 11.5 Å². The Balaban J connectivity index is 1.50. The van der Waals surface area contributed by atoms with Crippen LogP contribution in [0.15, 0.2) is 77.7 Å². The summed E-state index contributed by atoms with van der Waals surface area (Å²) < 4.78 is 6.67. The highest BCUT2D eigenvalue weighted by Gasteiger charge is 2.14. The van der Waals surface area contributed by atoms with Gasteiger partial charge in [-0.05, 0) is 60.2 Å². The van der Waals surface area contributed by atoms with Gasteiger partial charge in [-0.3, -0.25) is 19.7 Å². The van der Waals surface area contributed by atoms with E-state index < -0.39 is 0 Å². The van der Waals surface area contributed by atoms with Gasteiger partial charge in [0.25, 0.3) is 11.5 Å². The maximum atomic E-state index is 13.0. The average molecular weight is 459 g/mol. The van der Waals surface area contributed by atoms with E-state index in [9.17, 15) is 9.59 Å². The first-order valence-corrected chi connectivity index (χ1v) is 10.6. The third-order valence-electron chi connectivity index (χ3n) is 5.46. The molecule has 2 heterocycles. The Labute approximate surface area is 193 Å². The minimum atomic E-state index is -0.227. The Kier molecular flexibility index (Phi) is 5.32. The third kappa shape index (κ3) is 3.94. The number of fused-ring (bicyclic) bond motifs is 3. The number of rotatable bonds is 5. The van der Waals surface area contributed by atoms with Crippen molar-refractivity contribution >= 4 is 39.3 Å². The van der Waals surface area contributed by atoms with Crippen LogP contribution >= 0.6 is 11.6 Å². The second-order valence-corrected chi connectivity index (χ2v) is 7.98. The van der Waals surface area contributed by atoms with E-state index in [2.05, 4.69) is 15.4 Å². The van der Waals surface area contributed by atoms with Crippen LogP contribution in [0.4, 0.5) is 0 Å². The normalized spacial score (nSPS) is 11.1. The summed E-state index contributed by atoms with van der Waals surface area (Å²) in [5.74, 6) is 0.506. The number of methoxy groups -OCH3 is 1. The van der Waals surface area contributed by atoms with Gasteiger partial charge in [-0.25, -0.2) is 4.68 Å². The lowest BCUT2D eigenvalue weighted by Crippen LogP contribution is -2.22. The molecule has 7 nitrogen and oxygen atoms in total. The number of nitrogens with one attached hydrogen (secondary N) is 2. The molecule has 1 amide bonds. The lowest BCUT2D eigenvalue weighted by atomic mass is 10.1. The molecule has 0 unspecified atom stereocenters. The molecule has 0 bridgehead atoms. The molecule has 0 aliphatic heterocycles. The summed E-state index contributed by atoms with van der Waals surface area (Å²) in [5, 5.41) is 7.78. The minimum absolute atomic E-state index is 0.226. The fraction of sp³-hybridized carbons (Fsp3) is 0.0800. The van der Waals surface area contributed by atoms with Crippen LogP contribution in [0.5, 0.6) is 5.75 Å². The first kappa shape index (κ1) is 20.8. The maximum Gasteiger partial charge on any atom is 0.280 e. The van der Waals surface area contributed by atoms with Crippen LogP contribution in [0.2, 0.25) is 5.02 Å². The SMILES string of the molecule is COc1cccc(CNC(=O)c2ccc3ncc4c(=O)n(-c5ccc(Cl)cc5)[nH]c4c3c2)c1. The Morgan fingerprint density at radius 2 is 1.91 bits per heavy atom. The van der Waals surface area contributed by atoms with Crippen molar-refractivity contribution in [2.45, 2.75) is 6.54 Å². The minimum Gasteiger partial charge on any atom is -0.497 e. The van der Waals surface area contributed by atoms with Crippen molar-refractivity contribution in [2.24, 2.45) is 0 Å². The van der Waals surface area contributed by atoms with Crippen LogP contribution in [0, 0.1) is 0 Å². The van der Waals surface area contributed by atoms with Crippen molar-refractivity contribution in [1.82, 2.24) is 20.1 Å². The number of benzene rings is 3. The lowest BCUT2D eigenvalue weighted by molar-refractivity contribution is 0.0951. The molecule has 3 aromatic carbocycles. The monoisotopic (exact) mass is 458 g/mol. The number of hydrogen-bond donors (Lipinski definition) is 2. The molecular weight excluding hydrogens is 440 g/mol. The summed E-state index contributed by atoms with van der Waals surface area (Å²) in [6.07, 6.45) is 1.55. The number of amides is 1. The number of carbonyl (C=O) groups is 1. The maximum absolute atomic E-state index is 13.0. The Morgan fingerprint density at radius 1 is 1.09 bits per heavy atom. The van der Waals surface area contributed by atoms with Crippen molar-refractivity contribution in [3.05, 3.63) is 99.4 Å². The van der Waals surface area contributed by atoms with Gasteiger partial charge in [-0.15, -0.1) is 0 Å². The second kappa shape index (κ2) is 8.44. The van der Waals surface area contributed by atoms with E-state index >= 15 is 0 Å². The molecule has 0 atom stereocenters. The predicted molar refractivity (Wildman–Crippen MR) is 128 cm³/mol. The van der Waals surface area contributed by atoms with Crippen molar-refractivity contribution < 1.29 is 9.53 Å². The fourth-order valence-corrected chi connectivity index (χ4v) is 3.86. The molecule has 0 radical (unpaired) electrons. The van der Waals surface area contributed by atoms with Gasteiger partial charge in [0.2, 0.25) is 0 Å². The zero-order valence-corrected chi connectivity index (χ0v) is 18.4. The van der Waals surface area contributed by atoms with Crippen LogP contribution in [-0.4, -0.2) is 27.8 Å². The van der Waals surface area contributed by atoms with Gasteiger partial charge in [-0.1, -0.05) is 23.7 Å². The molecule has 8 heteroatoms. The number of halogens is 1. The van der Waals surface area contributed by atoms with Crippen molar-refractivity contribution in [1.29, 1.82) is 0 Å². The number of carbonyl (C=O) groups excluding carboxylic acids is 1. The largest absolute Gasteiger partial charge is 0.497 e. The number of hydrogen-bond acceptors (Lipinski definition) is 4. The average Bonchev–Trinajstić information content (AvgIpc) is 3.19. The Morgan fingerprint density at radius 3 is 2.70 bits per heavy atom. The van der Waals surface area contributed by atoms with Gasteiger partial charge in [0.1, 0.15) is 5.75 Å². The van der Waals surface area contributed by atoms with Gasteiger partial charge in [0, 0.05) is 28.7 Å². The first-order chi connectivity index (χ1) is 16.0. The molecule has 0 fully saturated rings. The molecule has 5 rings (SSSR count). The standard InChI is InChI=1S/C25H19ClN4O3/c1-33-19-4-2-3-15(11-19)13-28-24(31)16-5-10-22-20(12-16)23-21(14-27-22)25(32)30(29-23)18-8-6-17(26)7-9-18/h2-12,14,29H,13H2,1H3,(H,28,31). The van der Waals surface area contributed by atoms with Crippen LogP contribution in [0.3, 0.4) is 0 Å². The Hall–Kier alpha value is -4.10. The molecule has 0 aliphatic rings. The molecule has 33 heavy (non-hydrogen) atoms. The molecule has 0 aliphatic carbocycles. The molecule has 0 saturated heterocycles. The highest BCUT2D eigenvalue weighted by Crippen LogP contribution is 2.23. The van der Waals surface area contributed by atoms with Crippen molar-refractivity contribution in [2.75, 3.05) is 7.11 Å². The molecular formula is C25H19ClN4O3. The van der Waals surface area contributed by atoms with Crippen LogP contribution in [0.25, 0.3) is 27.5 Å². The smallest absolute Gasteiger partial charge is 0.280 e. The summed E-state index contributed by atoms with van der Waals surface area (Å²) >= 11 is 5.97. The van der Waals surface area contributed by atoms with E-state index in [1.54, 1.807) is 55.8 Å². The zero-order chi connectivity index (χ0) is 22.9. The summed E-state index contributed by atoms with van der Waals surface area (Å²) in [6, 6.07) is 19.7. The first-order valence-electron chi connectivity index (χ1n) is 10.2. The molecule has 2 N–H and O–H groups in total. The van der Waals surface area contributed by atoms with Crippen LogP contribution in [0.1, 0.15) is 15.9 Å². The van der Waals surface area contributed by atoms with Gasteiger partial charge < -0.3 is 10.1 Å². The summed E-state index contributed by atoms with van der Waals surface area (Å²) in [4.78, 5) is 30.2. The van der Waals surface area contributed by atoms with Crippen LogP contribution < -0.4 is 15.6 Å². The molecule has 0 spiro atoms. The molecule has 2 aromatic heterocycles. The van der Waals surface area contributed by atoms with E-state index in [1.807, 2.05) is 24.3 Å². The molecule has 164 valence electrons. The second-order valence-electron chi connectivity index (χ2n) is 7.54. The number of aromatic amines is 1. The van der Waals surface area contributed by atoms with Gasteiger partial charge >= 0.3 is 0 Å².